The van der Waals surface area contributed by atoms with Gasteiger partial charge in [-0.1, -0.05) is 30.3 Å². The third kappa shape index (κ3) is 3.49. The minimum absolute atomic E-state index is 0.147. The molecule has 1 amide bonds. The van der Waals surface area contributed by atoms with E-state index in [1.807, 2.05) is 31.3 Å². The van der Waals surface area contributed by atoms with Gasteiger partial charge in [0.1, 0.15) is 0 Å². The number of benzene rings is 1. The fourth-order valence-electron chi connectivity index (χ4n) is 3.44. The predicted octanol–water partition coefficient (Wildman–Crippen LogP) is 3.22. The lowest BCUT2D eigenvalue weighted by atomic mass is 9.73. The molecule has 0 radical (unpaired) electrons. The number of aromatic nitrogens is 1. The van der Waals surface area contributed by atoms with E-state index in [2.05, 4.69) is 28.5 Å². The average Bonchev–Trinajstić information content (AvgIpc) is 2.64. The lowest BCUT2D eigenvalue weighted by Gasteiger charge is -2.36. The molecule has 0 atom stereocenters. The third-order valence-corrected chi connectivity index (χ3v) is 4.79. The maximum atomic E-state index is 12.8. The van der Waals surface area contributed by atoms with E-state index < -0.39 is 0 Å². The van der Waals surface area contributed by atoms with E-state index in [4.69, 9.17) is 4.74 Å². The van der Waals surface area contributed by atoms with Crippen LogP contribution >= 0.6 is 0 Å². The van der Waals surface area contributed by atoms with Crippen LogP contribution in [0.15, 0.2) is 48.8 Å². The summed E-state index contributed by atoms with van der Waals surface area (Å²) in [6, 6.07) is 12.3. The first-order valence-corrected chi connectivity index (χ1v) is 8.59. The van der Waals surface area contributed by atoms with Crippen molar-refractivity contribution >= 4 is 5.91 Å². The summed E-state index contributed by atoms with van der Waals surface area (Å²) in [4.78, 5) is 17.0. The summed E-state index contributed by atoms with van der Waals surface area (Å²) in [5.41, 5.74) is 3.05. The van der Waals surface area contributed by atoms with Gasteiger partial charge in [-0.15, -0.1) is 0 Å². The molecule has 0 saturated carbocycles. The van der Waals surface area contributed by atoms with Crippen molar-refractivity contribution in [1.82, 2.24) is 10.3 Å². The van der Waals surface area contributed by atoms with Gasteiger partial charge in [0.2, 0.25) is 5.91 Å². The molecule has 24 heavy (non-hydrogen) atoms. The van der Waals surface area contributed by atoms with Gasteiger partial charge in [0.05, 0.1) is 5.41 Å². The van der Waals surface area contributed by atoms with E-state index in [1.54, 1.807) is 6.20 Å². The zero-order valence-electron chi connectivity index (χ0n) is 14.1. The summed E-state index contributed by atoms with van der Waals surface area (Å²) in [5, 5.41) is 3.03. The SMILES string of the molecule is CCNC(=O)C1(Cc2ccccc2-c2cccnc2)CCOCC1. The lowest BCUT2D eigenvalue weighted by molar-refractivity contribution is -0.136. The summed E-state index contributed by atoms with van der Waals surface area (Å²) in [6.45, 7) is 3.92. The molecule has 1 N–H and O–H groups in total. The highest BCUT2D eigenvalue weighted by molar-refractivity contribution is 5.83. The van der Waals surface area contributed by atoms with Gasteiger partial charge in [0, 0.05) is 37.7 Å². The monoisotopic (exact) mass is 324 g/mol. The molecule has 1 aromatic heterocycles. The van der Waals surface area contributed by atoms with Crippen LogP contribution in [-0.2, 0) is 16.0 Å². The number of nitrogens with zero attached hydrogens (tertiary/aromatic N) is 1. The molecule has 0 spiro atoms. The van der Waals surface area contributed by atoms with E-state index >= 15 is 0 Å². The summed E-state index contributed by atoms with van der Waals surface area (Å²) in [7, 11) is 0. The highest BCUT2D eigenvalue weighted by Gasteiger charge is 2.40. The van der Waals surface area contributed by atoms with Crippen molar-refractivity contribution in [3.63, 3.8) is 0 Å². The Bertz CT molecular complexity index is 679. The van der Waals surface area contributed by atoms with E-state index in [9.17, 15) is 4.79 Å². The molecule has 4 heteroatoms. The Morgan fingerprint density at radius 1 is 1.21 bits per heavy atom. The minimum atomic E-state index is -0.382. The van der Waals surface area contributed by atoms with E-state index in [0.717, 1.165) is 30.4 Å². The smallest absolute Gasteiger partial charge is 0.226 e. The van der Waals surface area contributed by atoms with Crippen molar-refractivity contribution in [3.8, 4) is 11.1 Å². The number of rotatable bonds is 5. The van der Waals surface area contributed by atoms with Gasteiger partial charge < -0.3 is 10.1 Å². The number of hydrogen-bond donors (Lipinski definition) is 1. The van der Waals surface area contributed by atoms with E-state index in [1.165, 1.54) is 5.56 Å². The van der Waals surface area contributed by atoms with Gasteiger partial charge in [-0.25, -0.2) is 0 Å². The van der Waals surface area contributed by atoms with Crippen LogP contribution in [-0.4, -0.2) is 30.6 Å². The quantitative estimate of drug-likeness (QED) is 0.919. The molecule has 1 saturated heterocycles. The number of amides is 1. The Balaban J connectivity index is 1.95. The van der Waals surface area contributed by atoms with Gasteiger partial charge >= 0.3 is 0 Å². The zero-order chi connectivity index (χ0) is 16.8. The second kappa shape index (κ2) is 7.58. The zero-order valence-corrected chi connectivity index (χ0v) is 14.1. The number of nitrogens with one attached hydrogen (secondary N) is 1. The average molecular weight is 324 g/mol. The van der Waals surface area contributed by atoms with Gasteiger partial charge in [-0.3, -0.25) is 9.78 Å². The normalized spacial score (nSPS) is 16.5. The first-order valence-electron chi connectivity index (χ1n) is 8.59. The van der Waals surface area contributed by atoms with Crippen LogP contribution in [0.4, 0.5) is 0 Å². The highest BCUT2D eigenvalue weighted by Crippen LogP contribution is 2.37. The molecule has 1 aliphatic heterocycles. The molecule has 0 unspecified atom stereocenters. The van der Waals surface area contributed by atoms with Crippen LogP contribution in [0.3, 0.4) is 0 Å². The maximum absolute atomic E-state index is 12.8. The van der Waals surface area contributed by atoms with E-state index in [-0.39, 0.29) is 11.3 Å². The predicted molar refractivity (Wildman–Crippen MR) is 94.5 cm³/mol. The summed E-state index contributed by atoms with van der Waals surface area (Å²) in [6.07, 6.45) is 5.91. The van der Waals surface area contributed by atoms with Crippen LogP contribution in [0.25, 0.3) is 11.1 Å². The molecular weight excluding hydrogens is 300 g/mol. The van der Waals surface area contributed by atoms with Crippen LogP contribution in [0.1, 0.15) is 25.3 Å². The lowest BCUT2D eigenvalue weighted by Crippen LogP contribution is -2.46. The van der Waals surface area contributed by atoms with Gasteiger partial charge in [0.15, 0.2) is 0 Å². The molecule has 0 bridgehead atoms. The summed E-state index contributed by atoms with van der Waals surface area (Å²) >= 11 is 0. The number of pyridine rings is 1. The standard InChI is InChI=1S/C20H24N2O2/c1-2-22-19(23)20(9-12-24-13-10-20)14-16-6-3-4-8-18(16)17-7-5-11-21-15-17/h3-8,11,15H,2,9-10,12-14H2,1H3,(H,22,23). The topological polar surface area (TPSA) is 51.2 Å². The molecule has 2 aromatic rings. The van der Waals surface area contributed by atoms with Crippen molar-refractivity contribution < 1.29 is 9.53 Å². The van der Waals surface area contributed by atoms with Crippen LogP contribution < -0.4 is 5.32 Å². The fourth-order valence-corrected chi connectivity index (χ4v) is 3.44. The first-order chi connectivity index (χ1) is 11.7. The van der Waals surface area contributed by atoms with Gasteiger partial charge in [-0.2, -0.15) is 0 Å². The van der Waals surface area contributed by atoms with E-state index in [0.29, 0.717) is 19.8 Å². The molecule has 3 rings (SSSR count). The van der Waals surface area contributed by atoms with Crippen LogP contribution in [0.2, 0.25) is 0 Å². The summed E-state index contributed by atoms with van der Waals surface area (Å²) in [5.74, 6) is 0.147. The maximum Gasteiger partial charge on any atom is 0.226 e. The van der Waals surface area contributed by atoms with Crippen LogP contribution in [0, 0.1) is 5.41 Å². The van der Waals surface area contributed by atoms with Crippen LogP contribution in [0.5, 0.6) is 0 Å². The van der Waals surface area contributed by atoms with Gasteiger partial charge in [0.25, 0.3) is 0 Å². The van der Waals surface area contributed by atoms with Crippen molar-refractivity contribution in [3.05, 3.63) is 54.4 Å². The molecule has 0 aliphatic carbocycles. The molecule has 1 aliphatic rings. The molecule has 4 nitrogen and oxygen atoms in total. The molecule has 126 valence electrons. The number of carbonyl (C=O) groups is 1. The second-order valence-corrected chi connectivity index (χ2v) is 6.33. The number of hydrogen-bond acceptors (Lipinski definition) is 3. The fraction of sp³-hybridized carbons (Fsp3) is 0.400. The molecule has 1 fully saturated rings. The Morgan fingerprint density at radius 3 is 2.71 bits per heavy atom. The van der Waals surface area contributed by atoms with Crippen molar-refractivity contribution in [2.75, 3.05) is 19.8 Å². The largest absolute Gasteiger partial charge is 0.381 e. The molecule has 2 heterocycles. The van der Waals surface area contributed by atoms with Crippen molar-refractivity contribution in [2.24, 2.45) is 5.41 Å². The van der Waals surface area contributed by atoms with Crippen molar-refractivity contribution in [1.29, 1.82) is 0 Å². The second-order valence-electron chi connectivity index (χ2n) is 6.33. The summed E-state index contributed by atoms with van der Waals surface area (Å²) < 4.78 is 5.52. The van der Waals surface area contributed by atoms with Crippen molar-refractivity contribution in [2.45, 2.75) is 26.2 Å². The first kappa shape index (κ1) is 16.7. The number of ether oxygens (including phenoxy) is 1. The third-order valence-electron chi connectivity index (χ3n) is 4.79. The Labute approximate surface area is 143 Å². The highest BCUT2D eigenvalue weighted by atomic mass is 16.5. The minimum Gasteiger partial charge on any atom is -0.381 e. The van der Waals surface area contributed by atoms with Gasteiger partial charge in [-0.05, 0) is 43.4 Å². The molecular formula is C20H24N2O2. The molecule has 1 aromatic carbocycles. The Kier molecular flexibility index (Phi) is 5.26. The Morgan fingerprint density at radius 2 is 2.00 bits per heavy atom. The number of carbonyl (C=O) groups excluding carboxylic acids is 1. The Hall–Kier alpha value is -2.20.